The molecule has 0 saturated carbocycles. The number of nitrogens with zero attached hydrogens (tertiary/aromatic N) is 2. The van der Waals surface area contributed by atoms with Gasteiger partial charge in [0.2, 0.25) is 5.82 Å². The molecule has 0 atom stereocenters. The minimum atomic E-state index is -0.922. The zero-order valence-corrected chi connectivity index (χ0v) is 9.25. The molecule has 7 heteroatoms. The molecule has 0 bridgehead atoms. The van der Waals surface area contributed by atoms with Gasteiger partial charge < -0.3 is 10.4 Å². The minimum absolute atomic E-state index is 0.0913. The Bertz CT molecular complexity index is 565. The van der Waals surface area contributed by atoms with Crippen molar-refractivity contribution in [2.45, 2.75) is 6.42 Å². The molecule has 0 aliphatic heterocycles. The number of hydrogen-bond acceptors (Lipinski definition) is 4. The van der Waals surface area contributed by atoms with Gasteiger partial charge >= 0.3 is 5.97 Å². The molecular formula is C11H10N4O3. The van der Waals surface area contributed by atoms with E-state index in [1.165, 1.54) is 6.33 Å². The molecule has 0 unspecified atom stereocenters. The number of carboxylic acids is 1. The second kappa shape index (κ2) is 5.09. The molecule has 1 amide bonds. The number of carbonyl (C=O) groups excluding carboxylic acids is 1. The lowest BCUT2D eigenvalue weighted by Gasteiger charge is -2.04. The average Bonchev–Trinajstić information content (AvgIpc) is 2.81. The summed E-state index contributed by atoms with van der Waals surface area (Å²) in [4.78, 5) is 25.9. The molecule has 0 aliphatic rings. The molecule has 3 N–H and O–H groups in total. The van der Waals surface area contributed by atoms with Gasteiger partial charge in [-0.2, -0.15) is 5.10 Å². The second-order valence-corrected chi connectivity index (χ2v) is 3.56. The first-order valence-corrected chi connectivity index (χ1v) is 5.12. The van der Waals surface area contributed by atoms with Crippen molar-refractivity contribution in [3.05, 3.63) is 42.0 Å². The van der Waals surface area contributed by atoms with Crippen LogP contribution in [0.3, 0.4) is 0 Å². The number of nitrogens with one attached hydrogen (secondary N) is 2. The molecule has 1 aromatic carbocycles. The molecule has 0 fully saturated rings. The fourth-order valence-corrected chi connectivity index (χ4v) is 1.44. The van der Waals surface area contributed by atoms with Crippen LogP contribution in [0.4, 0.5) is 5.69 Å². The standard InChI is InChI=1S/C11H10N4O3/c16-9(17)5-7-2-1-3-8(4-7)14-11(18)10-12-6-13-15-10/h1-4,6H,5H2,(H,14,18)(H,16,17)(H,12,13,15). The predicted molar refractivity (Wildman–Crippen MR) is 62.1 cm³/mol. The van der Waals surface area contributed by atoms with Gasteiger partial charge in [-0.25, -0.2) is 4.98 Å². The molecule has 2 rings (SSSR count). The van der Waals surface area contributed by atoms with Crippen LogP contribution in [0.1, 0.15) is 16.2 Å². The Morgan fingerprint density at radius 3 is 2.89 bits per heavy atom. The maximum absolute atomic E-state index is 11.6. The van der Waals surface area contributed by atoms with Crippen LogP contribution in [0, 0.1) is 0 Å². The van der Waals surface area contributed by atoms with E-state index in [2.05, 4.69) is 20.5 Å². The van der Waals surface area contributed by atoms with Crippen molar-refractivity contribution in [1.29, 1.82) is 0 Å². The van der Waals surface area contributed by atoms with Crippen LogP contribution in [-0.4, -0.2) is 32.2 Å². The molecule has 18 heavy (non-hydrogen) atoms. The number of aliphatic carboxylic acids is 1. The summed E-state index contributed by atoms with van der Waals surface area (Å²) in [5.74, 6) is -1.26. The molecular weight excluding hydrogens is 236 g/mol. The smallest absolute Gasteiger partial charge is 0.307 e. The Kier molecular flexibility index (Phi) is 3.33. The lowest BCUT2D eigenvalue weighted by Crippen LogP contribution is -2.14. The average molecular weight is 246 g/mol. The van der Waals surface area contributed by atoms with Gasteiger partial charge in [-0.05, 0) is 17.7 Å². The van der Waals surface area contributed by atoms with E-state index in [4.69, 9.17) is 5.11 Å². The number of H-pyrrole nitrogens is 1. The number of hydrogen-bond donors (Lipinski definition) is 3. The van der Waals surface area contributed by atoms with Gasteiger partial charge in [-0.3, -0.25) is 14.7 Å². The summed E-state index contributed by atoms with van der Waals surface area (Å²) in [6.45, 7) is 0. The molecule has 1 heterocycles. The van der Waals surface area contributed by atoms with Crippen molar-refractivity contribution in [3.63, 3.8) is 0 Å². The van der Waals surface area contributed by atoms with Crippen LogP contribution in [0.15, 0.2) is 30.6 Å². The van der Waals surface area contributed by atoms with Crippen LogP contribution in [0.25, 0.3) is 0 Å². The number of carboxylic acid groups (broad SMARTS) is 1. The van der Waals surface area contributed by atoms with Gasteiger partial charge in [0.15, 0.2) is 0 Å². The van der Waals surface area contributed by atoms with E-state index < -0.39 is 11.9 Å². The first kappa shape index (κ1) is 11.8. The van der Waals surface area contributed by atoms with Crippen molar-refractivity contribution in [3.8, 4) is 0 Å². The van der Waals surface area contributed by atoms with Gasteiger partial charge in [-0.1, -0.05) is 12.1 Å². The monoisotopic (exact) mass is 246 g/mol. The van der Waals surface area contributed by atoms with Crippen molar-refractivity contribution in [2.75, 3.05) is 5.32 Å². The molecule has 0 spiro atoms. The first-order valence-electron chi connectivity index (χ1n) is 5.12. The fourth-order valence-electron chi connectivity index (χ4n) is 1.44. The van der Waals surface area contributed by atoms with E-state index in [9.17, 15) is 9.59 Å². The third kappa shape index (κ3) is 2.91. The van der Waals surface area contributed by atoms with Gasteiger partial charge in [0.1, 0.15) is 6.33 Å². The van der Waals surface area contributed by atoms with E-state index >= 15 is 0 Å². The summed E-state index contributed by atoms with van der Waals surface area (Å²) in [6, 6.07) is 6.62. The number of anilines is 1. The van der Waals surface area contributed by atoms with E-state index in [1.807, 2.05) is 0 Å². The maximum atomic E-state index is 11.6. The number of aromatic amines is 1. The fraction of sp³-hybridized carbons (Fsp3) is 0.0909. The Balaban J connectivity index is 2.10. The van der Waals surface area contributed by atoms with Crippen molar-refractivity contribution < 1.29 is 14.7 Å². The highest BCUT2D eigenvalue weighted by molar-refractivity contribution is 6.01. The molecule has 2 aromatic rings. The Hall–Kier alpha value is -2.70. The summed E-state index contributed by atoms with van der Waals surface area (Å²) in [5.41, 5.74) is 1.12. The molecule has 92 valence electrons. The molecule has 0 saturated heterocycles. The van der Waals surface area contributed by atoms with Gasteiger partial charge in [0, 0.05) is 5.69 Å². The topological polar surface area (TPSA) is 108 Å². The van der Waals surface area contributed by atoms with Crippen LogP contribution in [0.5, 0.6) is 0 Å². The Morgan fingerprint density at radius 2 is 2.22 bits per heavy atom. The third-order valence-corrected chi connectivity index (χ3v) is 2.17. The molecule has 7 nitrogen and oxygen atoms in total. The van der Waals surface area contributed by atoms with Gasteiger partial charge in [0.25, 0.3) is 5.91 Å². The Morgan fingerprint density at radius 1 is 1.39 bits per heavy atom. The van der Waals surface area contributed by atoms with E-state index in [0.717, 1.165) is 0 Å². The molecule has 0 aliphatic carbocycles. The highest BCUT2D eigenvalue weighted by Gasteiger charge is 2.09. The largest absolute Gasteiger partial charge is 0.481 e. The zero-order valence-electron chi connectivity index (χ0n) is 9.25. The third-order valence-electron chi connectivity index (χ3n) is 2.17. The summed E-state index contributed by atoms with van der Waals surface area (Å²) in [6.07, 6.45) is 1.14. The van der Waals surface area contributed by atoms with Crippen molar-refractivity contribution in [2.24, 2.45) is 0 Å². The maximum Gasteiger partial charge on any atom is 0.307 e. The van der Waals surface area contributed by atoms with Crippen LogP contribution < -0.4 is 5.32 Å². The lowest BCUT2D eigenvalue weighted by atomic mass is 10.1. The predicted octanol–water partition coefficient (Wildman–Crippen LogP) is 0.684. The summed E-state index contributed by atoms with van der Waals surface area (Å²) < 4.78 is 0. The first-order chi connectivity index (χ1) is 8.65. The lowest BCUT2D eigenvalue weighted by molar-refractivity contribution is -0.136. The van der Waals surface area contributed by atoms with Crippen LogP contribution in [0.2, 0.25) is 0 Å². The quantitative estimate of drug-likeness (QED) is 0.735. The van der Waals surface area contributed by atoms with Crippen LogP contribution in [-0.2, 0) is 11.2 Å². The van der Waals surface area contributed by atoms with Crippen LogP contribution >= 0.6 is 0 Å². The van der Waals surface area contributed by atoms with Crippen molar-refractivity contribution in [1.82, 2.24) is 15.2 Å². The normalized spacial score (nSPS) is 10.0. The van der Waals surface area contributed by atoms with Crippen molar-refractivity contribution >= 4 is 17.6 Å². The highest BCUT2D eigenvalue weighted by Crippen LogP contribution is 2.11. The SMILES string of the molecule is O=C(O)Cc1cccc(NC(=O)c2ncn[nH]2)c1. The molecule has 1 aromatic heterocycles. The van der Waals surface area contributed by atoms with E-state index in [1.54, 1.807) is 24.3 Å². The zero-order chi connectivity index (χ0) is 13.0. The number of amides is 1. The summed E-state index contributed by atoms with van der Waals surface area (Å²) >= 11 is 0. The van der Waals surface area contributed by atoms with Gasteiger partial charge in [0.05, 0.1) is 6.42 Å². The summed E-state index contributed by atoms with van der Waals surface area (Å²) in [5, 5.41) is 17.3. The minimum Gasteiger partial charge on any atom is -0.481 e. The number of carbonyl (C=O) groups is 2. The number of benzene rings is 1. The number of aromatic nitrogens is 3. The molecule has 0 radical (unpaired) electrons. The van der Waals surface area contributed by atoms with E-state index in [-0.39, 0.29) is 12.2 Å². The Labute approximate surface area is 102 Å². The number of rotatable bonds is 4. The second-order valence-electron chi connectivity index (χ2n) is 3.56. The van der Waals surface area contributed by atoms with E-state index in [0.29, 0.717) is 11.3 Å². The van der Waals surface area contributed by atoms with Gasteiger partial charge in [-0.15, -0.1) is 0 Å². The summed E-state index contributed by atoms with van der Waals surface area (Å²) in [7, 11) is 0. The highest BCUT2D eigenvalue weighted by atomic mass is 16.4.